The van der Waals surface area contributed by atoms with Crippen molar-refractivity contribution < 1.29 is 17.6 Å². The molecule has 1 amide bonds. The molecule has 1 aliphatic rings. The van der Waals surface area contributed by atoms with Crippen LogP contribution in [0.15, 0.2) is 45.9 Å². The van der Waals surface area contributed by atoms with Crippen molar-refractivity contribution in [1.29, 1.82) is 0 Å². The van der Waals surface area contributed by atoms with Gasteiger partial charge in [-0.3, -0.25) is 10.2 Å². The lowest BCUT2D eigenvalue weighted by molar-refractivity contribution is 0.0917. The van der Waals surface area contributed by atoms with Gasteiger partial charge in [0.1, 0.15) is 0 Å². The number of amides is 1. The fourth-order valence-electron chi connectivity index (χ4n) is 2.52. The Balaban J connectivity index is 1.74. The van der Waals surface area contributed by atoms with Gasteiger partial charge in [0.15, 0.2) is 5.76 Å². The van der Waals surface area contributed by atoms with Gasteiger partial charge in [-0.25, -0.2) is 8.42 Å². The van der Waals surface area contributed by atoms with E-state index < -0.39 is 15.9 Å². The van der Waals surface area contributed by atoms with Crippen LogP contribution in [0.2, 0.25) is 0 Å². The average molecular weight is 320 g/mol. The van der Waals surface area contributed by atoms with Crippen LogP contribution in [-0.4, -0.2) is 14.3 Å². The molecule has 0 saturated carbocycles. The van der Waals surface area contributed by atoms with Crippen LogP contribution in [0, 0.1) is 0 Å². The van der Waals surface area contributed by atoms with Gasteiger partial charge < -0.3 is 4.42 Å². The van der Waals surface area contributed by atoms with Gasteiger partial charge in [-0.15, -0.1) is 4.83 Å². The highest BCUT2D eigenvalue weighted by Gasteiger charge is 2.19. The van der Waals surface area contributed by atoms with Crippen LogP contribution in [0.3, 0.4) is 0 Å². The summed E-state index contributed by atoms with van der Waals surface area (Å²) >= 11 is 0. The van der Waals surface area contributed by atoms with Crippen LogP contribution < -0.4 is 10.3 Å². The van der Waals surface area contributed by atoms with Crippen molar-refractivity contribution in [3.63, 3.8) is 0 Å². The molecule has 2 N–H and O–H groups in total. The van der Waals surface area contributed by atoms with E-state index in [4.69, 9.17) is 4.42 Å². The largest absolute Gasteiger partial charge is 0.459 e. The summed E-state index contributed by atoms with van der Waals surface area (Å²) in [5, 5.41) is 0. The number of nitrogens with one attached hydrogen (secondary N) is 2. The van der Waals surface area contributed by atoms with E-state index in [2.05, 4.69) is 10.3 Å². The molecule has 0 spiro atoms. The Morgan fingerprint density at radius 1 is 1.09 bits per heavy atom. The van der Waals surface area contributed by atoms with Crippen LogP contribution in [0.5, 0.6) is 0 Å². The number of sulfonamides is 1. The van der Waals surface area contributed by atoms with E-state index in [-0.39, 0.29) is 10.7 Å². The van der Waals surface area contributed by atoms with Gasteiger partial charge in [0, 0.05) is 0 Å². The molecule has 1 aromatic heterocycles. The Hall–Kier alpha value is -2.12. The molecule has 0 saturated heterocycles. The second-order valence-corrected chi connectivity index (χ2v) is 6.86. The molecular formula is C15H16N2O4S. The molecule has 2 aromatic rings. The van der Waals surface area contributed by atoms with E-state index in [1.54, 1.807) is 18.2 Å². The van der Waals surface area contributed by atoms with E-state index in [1.165, 1.54) is 17.9 Å². The molecule has 7 heteroatoms. The smallest absolute Gasteiger partial charge is 0.301 e. The van der Waals surface area contributed by atoms with Crippen molar-refractivity contribution in [2.24, 2.45) is 0 Å². The first-order chi connectivity index (χ1) is 10.6. The lowest BCUT2D eigenvalue weighted by Crippen LogP contribution is -2.41. The second kappa shape index (κ2) is 5.94. The Kier molecular flexibility index (Phi) is 4.00. The zero-order valence-corrected chi connectivity index (χ0v) is 12.7. The number of furan rings is 1. The number of fused-ring (bicyclic) bond motifs is 1. The van der Waals surface area contributed by atoms with Crippen LogP contribution in [0.1, 0.15) is 34.5 Å². The summed E-state index contributed by atoms with van der Waals surface area (Å²) < 4.78 is 29.4. The normalized spacial score (nSPS) is 14.4. The molecule has 0 bridgehead atoms. The molecule has 0 fully saturated rings. The Morgan fingerprint density at radius 3 is 2.59 bits per heavy atom. The van der Waals surface area contributed by atoms with Gasteiger partial charge in [0.05, 0.1) is 11.2 Å². The number of rotatable bonds is 4. The molecule has 0 radical (unpaired) electrons. The fraction of sp³-hybridized carbons (Fsp3) is 0.267. The SMILES string of the molecule is O=C(NNS(=O)(=O)c1ccc2c(c1)CCCC2)c1ccco1. The summed E-state index contributed by atoms with van der Waals surface area (Å²) in [7, 11) is -3.80. The summed E-state index contributed by atoms with van der Waals surface area (Å²) in [4.78, 5) is 13.9. The van der Waals surface area contributed by atoms with Crippen molar-refractivity contribution in [1.82, 2.24) is 10.3 Å². The molecule has 3 rings (SSSR count). The maximum Gasteiger partial charge on any atom is 0.301 e. The van der Waals surface area contributed by atoms with Gasteiger partial charge in [0.25, 0.3) is 10.0 Å². The number of aryl methyl sites for hydroxylation is 2. The summed E-state index contributed by atoms with van der Waals surface area (Å²) in [6, 6.07) is 8.08. The summed E-state index contributed by atoms with van der Waals surface area (Å²) in [6.45, 7) is 0. The molecule has 0 aliphatic heterocycles. The highest BCUT2D eigenvalue weighted by atomic mass is 32.2. The Bertz CT molecular complexity index is 782. The molecule has 1 aromatic carbocycles. The Labute approximate surface area is 128 Å². The van der Waals surface area contributed by atoms with E-state index in [1.807, 2.05) is 6.07 Å². The Morgan fingerprint density at radius 2 is 1.86 bits per heavy atom. The summed E-state index contributed by atoms with van der Waals surface area (Å²) in [6.07, 6.45) is 5.42. The zero-order valence-electron chi connectivity index (χ0n) is 11.8. The highest BCUT2D eigenvalue weighted by Crippen LogP contribution is 2.23. The van der Waals surface area contributed by atoms with E-state index >= 15 is 0 Å². The third-order valence-electron chi connectivity index (χ3n) is 3.67. The second-order valence-electron chi connectivity index (χ2n) is 5.17. The predicted octanol–water partition coefficient (Wildman–Crippen LogP) is 1.78. The van der Waals surface area contributed by atoms with Crippen LogP contribution in [0.25, 0.3) is 0 Å². The molecule has 6 nitrogen and oxygen atoms in total. The van der Waals surface area contributed by atoms with E-state index in [0.717, 1.165) is 31.2 Å². The third kappa shape index (κ3) is 3.05. The first kappa shape index (κ1) is 14.8. The van der Waals surface area contributed by atoms with Crippen LogP contribution in [-0.2, 0) is 22.9 Å². The summed E-state index contributed by atoms with van der Waals surface area (Å²) in [5.74, 6) is -0.611. The number of carbonyl (C=O) groups is 1. The molecule has 0 atom stereocenters. The van der Waals surface area contributed by atoms with Crippen LogP contribution >= 0.6 is 0 Å². The first-order valence-electron chi connectivity index (χ1n) is 7.04. The highest BCUT2D eigenvalue weighted by molar-refractivity contribution is 7.89. The van der Waals surface area contributed by atoms with Crippen molar-refractivity contribution >= 4 is 15.9 Å². The number of carbonyl (C=O) groups excluding carboxylic acids is 1. The standard InChI is InChI=1S/C15H16N2O4S/c18-15(14-6-3-9-21-14)16-17-22(19,20)13-8-7-11-4-1-2-5-12(11)10-13/h3,6-10,17H,1-2,4-5H2,(H,16,18). The quantitative estimate of drug-likeness (QED) is 0.841. The first-order valence-corrected chi connectivity index (χ1v) is 8.52. The van der Waals surface area contributed by atoms with Gasteiger partial charge >= 0.3 is 5.91 Å². The summed E-state index contributed by atoms with van der Waals surface area (Å²) in [5.41, 5.74) is 4.39. The zero-order chi connectivity index (χ0) is 15.6. The third-order valence-corrected chi connectivity index (χ3v) is 4.92. The van der Waals surface area contributed by atoms with Crippen molar-refractivity contribution in [2.45, 2.75) is 30.6 Å². The molecule has 1 aliphatic carbocycles. The minimum absolute atomic E-state index is 0.0353. The number of hydrogen-bond donors (Lipinski definition) is 2. The van der Waals surface area contributed by atoms with E-state index in [0.29, 0.717) is 0 Å². The molecule has 1 heterocycles. The average Bonchev–Trinajstić information content (AvgIpc) is 3.07. The molecular weight excluding hydrogens is 304 g/mol. The van der Waals surface area contributed by atoms with E-state index in [9.17, 15) is 13.2 Å². The topological polar surface area (TPSA) is 88.4 Å². The predicted molar refractivity (Wildman–Crippen MR) is 79.6 cm³/mol. The van der Waals surface area contributed by atoms with Gasteiger partial charge in [-0.1, -0.05) is 6.07 Å². The van der Waals surface area contributed by atoms with Gasteiger partial charge in [-0.05, 0) is 61.1 Å². The van der Waals surface area contributed by atoms with Gasteiger partial charge in [-0.2, -0.15) is 0 Å². The molecule has 22 heavy (non-hydrogen) atoms. The minimum atomic E-state index is -3.80. The molecule has 116 valence electrons. The molecule has 0 unspecified atom stereocenters. The van der Waals surface area contributed by atoms with Gasteiger partial charge in [0.2, 0.25) is 0 Å². The number of hydrogen-bond acceptors (Lipinski definition) is 4. The minimum Gasteiger partial charge on any atom is -0.459 e. The van der Waals surface area contributed by atoms with Crippen molar-refractivity contribution in [3.8, 4) is 0 Å². The number of hydrazine groups is 1. The number of benzene rings is 1. The lowest BCUT2D eigenvalue weighted by Gasteiger charge is -2.16. The van der Waals surface area contributed by atoms with Crippen molar-refractivity contribution in [2.75, 3.05) is 0 Å². The maximum absolute atomic E-state index is 12.2. The maximum atomic E-state index is 12.2. The van der Waals surface area contributed by atoms with Crippen LogP contribution in [0.4, 0.5) is 0 Å². The monoisotopic (exact) mass is 320 g/mol. The fourth-order valence-corrected chi connectivity index (χ4v) is 3.41. The van der Waals surface area contributed by atoms with Crippen molar-refractivity contribution in [3.05, 3.63) is 53.5 Å². The lowest BCUT2D eigenvalue weighted by atomic mass is 9.92.